The van der Waals surface area contributed by atoms with Gasteiger partial charge in [-0.05, 0) is 37.5 Å². The number of amides is 1. The highest BCUT2D eigenvalue weighted by atomic mass is 16.3. The number of hydrogen-bond acceptors (Lipinski definition) is 3. The van der Waals surface area contributed by atoms with E-state index in [1.807, 2.05) is 6.92 Å². The van der Waals surface area contributed by atoms with Gasteiger partial charge in [0.25, 0.3) is 0 Å². The molecule has 4 heteroatoms. The average Bonchev–Trinajstić information content (AvgIpc) is 3.03. The Labute approximate surface area is 104 Å². The molecule has 100 valence electrons. The van der Waals surface area contributed by atoms with Crippen LogP contribution in [0.2, 0.25) is 0 Å². The zero-order chi connectivity index (χ0) is 12.9. The summed E-state index contributed by atoms with van der Waals surface area (Å²) in [6.07, 6.45) is 3.18. The van der Waals surface area contributed by atoms with Crippen molar-refractivity contribution in [3.05, 3.63) is 0 Å². The lowest BCUT2D eigenvalue weighted by Crippen LogP contribution is -2.45. The van der Waals surface area contributed by atoms with Crippen LogP contribution in [-0.2, 0) is 4.79 Å². The lowest BCUT2D eigenvalue weighted by molar-refractivity contribution is -0.122. The van der Waals surface area contributed by atoms with Gasteiger partial charge in [0.15, 0.2) is 0 Å². The van der Waals surface area contributed by atoms with Gasteiger partial charge >= 0.3 is 0 Å². The molecular weight excluding hydrogens is 216 g/mol. The third kappa shape index (κ3) is 5.04. The highest BCUT2D eigenvalue weighted by molar-refractivity contribution is 5.81. The maximum atomic E-state index is 11.7. The highest BCUT2D eigenvalue weighted by Crippen LogP contribution is 2.47. The van der Waals surface area contributed by atoms with Gasteiger partial charge in [-0.15, -0.1) is 0 Å². The van der Waals surface area contributed by atoms with E-state index in [0.717, 1.165) is 19.5 Å². The fourth-order valence-electron chi connectivity index (χ4n) is 1.85. The minimum absolute atomic E-state index is 0.0681. The van der Waals surface area contributed by atoms with Crippen LogP contribution in [0, 0.1) is 11.3 Å². The van der Waals surface area contributed by atoms with Crippen molar-refractivity contribution >= 4 is 5.91 Å². The molecule has 0 saturated heterocycles. The summed E-state index contributed by atoms with van der Waals surface area (Å²) in [6, 6.07) is -0.148. The molecule has 0 radical (unpaired) electrons. The molecule has 1 aliphatic rings. The van der Waals surface area contributed by atoms with Crippen LogP contribution in [0.5, 0.6) is 0 Å². The van der Waals surface area contributed by atoms with Crippen LogP contribution in [0.25, 0.3) is 0 Å². The normalized spacial score (nSPS) is 19.1. The minimum atomic E-state index is -0.148. The molecule has 0 spiro atoms. The Hall–Kier alpha value is -0.610. The molecule has 1 aliphatic carbocycles. The first-order valence-corrected chi connectivity index (χ1v) is 6.61. The summed E-state index contributed by atoms with van der Waals surface area (Å²) in [4.78, 5) is 11.7. The second kappa shape index (κ2) is 6.36. The summed E-state index contributed by atoms with van der Waals surface area (Å²) < 4.78 is 0. The largest absolute Gasteiger partial charge is 0.396 e. The van der Waals surface area contributed by atoms with Crippen molar-refractivity contribution in [3.8, 4) is 0 Å². The highest BCUT2D eigenvalue weighted by Gasteiger charge is 2.41. The molecule has 1 unspecified atom stereocenters. The number of nitrogens with one attached hydrogen (secondary N) is 2. The van der Waals surface area contributed by atoms with Gasteiger partial charge < -0.3 is 15.7 Å². The molecule has 0 heterocycles. The monoisotopic (exact) mass is 242 g/mol. The first kappa shape index (κ1) is 14.5. The summed E-state index contributed by atoms with van der Waals surface area (Å²) in [5.74, 6) is 0.550. The van der Waals surface area contributed by atoms with Gasteiger partial charge in [-0.1, -0.05) is 13.8 Å². The molecule has 17 heavy (non-hydrogen) atoms. The molecule has 1 fully saturated rings. The SMILES string of the molecule is CC(C)CNC(=O)C(C)NCC1(CCO)CC1. The fraction of sp³-hybridized carbons (Fsp3) is 0.923. The smallest absolute Gasteiger partial charge is 0.236 e. The van der Waals surface area contributed by atoms with Gasteiger partial charge in [-0.2, -0.15) is 0 Å². The van der Waals surface area contributed by atoms with Crippen molar-refractivity contribution in [2.45, 2.75) is 46.1 Å². The summed E-state index contributed by atoms with van der Waals surface area (Å²) in [5, 5.41) is 15.1. The molecule has 1 saturated carbocycles. The molecule has 3 N–H and O–H groups in total. The summed E-state index contributed by atoms with van der Waals surface area (Å²) in [5.41, 5.74) is 0.265. The predicted octanol–water partition coefficient (Wildman–Crippen LogP) is 0.899. The van der Waals surface area contributed by atoms with Crippen molar-refractivity contribution in [1.82, 2.24) is 10.6 Å². The van der Waals surface area contributed by atoms with Crippen LogP contribution in [-0.4, -0.2) is 36.8 Å². The molecule has 0 aliphatic heterocycles. The van der Waals surface area contributed by atoms with Gasteiger partial charge in [0.05, 0.1) is 6.04 Å². The molecule has 0 aromatic carbocycles. The van der Waals surface area contributed by atoms with Crippen LogP contribution in [0.1, 0.15) is 40.0 Å². The number of carbonyl (C=O) groups is 1. The molecule has 4 nitrogen and oxygen atoms in total. The standard InChI is InChI=1S/C13H26N2O2/c1-10(2)8-14-12(17)11(3)15-9-13(4-5-13)6-7-16/h10-11,15-16H,4-9H2,1-3H3,(H,14,17). The quantitative estimate of drug-likeness (QED) is 0.592. The van der Waals surface area contributed by atoms with Gasteiger partial charge in [0, 0.05) is 19.7 Å². The van der Waals surface area contributed by atoms with Crippen LogP contribution < -0.4 is 10.6 Å². The fourth-order valence-corrected chi connectivity index (χ4v) is 1.85. The van der Waals surface area contributed by atoms with Crippen LogP contribution in [0.4, 0.5) is 0 Å². The van der Waals surface area contributed by atoms with Crippen LogP contribution >= 0.6 is 0 Å². The zero-order valence-corrected chi connectivity index (χ0v) is 11.3. The van der Waals surface area contributed by atoms with Crippen molar-refractivity contribution < 1.29 is 9.90 Å². The third-order valence-corrected chi connectivity index (χ3v) is 3.46. The van der Waals surface area contributed by atoms with E-state index in [4.69, 9.17) is 5.11 Å². The lowest BCUT2D eigenvalue weighted by atomic mass is 10.0. The number of aliphatic hydroxyl groups excluding tert-OH is 1. The third-order valence-electron chi connectivity index (χ3n) is 3.46. The summed E-state index contributed by atoms with van der Waals surface area (Å²) >= 11 is 0. The molecule has 0 aromatic heterocycles. The number of aliphatic hydroxyl groups is 1. The Morgan fingerprint density at radius 2 is 2.00 bits per heavy atom. The lowest BCUT2D eigenvalue weighted by Gasteiger charge is -2.19. The van der Waals surface area contributed by atoms with Crippen molar-refractivity contribution in [2.24, 2.45) is 11.3 Å². The molecule has 1 atom stereocenters. The first-order valence-electron chi connectivity index (χ1n) is 6.61. The Morgan fingerprint density at radius 3 is 2.47 bits per heavy atom. The van der Waals surface area contributed by atoms with E-state index in [-0.39, 0.29) is 24.0 Å². The molecular formula is C13H26N2O2. The van der Waals surface area contributed by atoms with Crippen molar-refractivity contribution in [3.63, 3.8) is 0 Å². The Bertz CT molecular complexity index is 250. The van der Waals surface area contributed by atoms with Crippen LogP contribution in [0.3, 0.4) is 0 Å². The van der Waals surface area contributed by atoms with E-state index in [1.165, 1.54) is 12.8 Å². The Kier molecular flexibility index (Phi) is 5.40. The van der Waals surface area contributed by atoms with Gasteiger partial charge in [0.1, 0.15) is 0 Å². The van der Waals surface area contributed by atoms with Crippen molar-refractivity contribution in [1.29, 1.82) is 0 Å². The van der Waals surface area contributed by atoms with Gasteiger partial charge in [0.2, 0.25) is 5.91 Å². The van der Waals surface area contributed by atoms with E-state index in [9.17, 15) is 4.79 Å². The zero-order valence-electron chi connectivity index (χ0n) is 11.3. The second-order valence-corrected chi connectivity index (χ2v) is 5.72. The molecule has 0 aromatic rings. The van der Waals surface area contributed by atoms with Crippen molar-refractivity contribution in [2.75, 3.05) is 19.7 Å². The van der Waals surface area contributed by atoms with Gasteiger partial charge in [-0.3, -0.25) is 4.79 Å². The Balaban J connectivity index is 2.20. The summed E-state index contributed by atoms with van der Waals surface area (Å²) in [7, 11) is 0. The summed E-state index contributed by atoms with van der Waals surface area (Å²) in [6.45, 7) is 7.87. The van der Waals surface area contributed by atoms with E-state index >= 15 is 0 Å². The molecule has 1 amide bonds. The van der Waals surface area contributed by atoms with E-state index < -0.39 is 0 Å². The number of rotatable bonds is 8. The predicted molar refractivity (Wildman–Crippen MR) is 68.7 cm³/mol. The van der Waals surface area contributed by atoms with E-state index in [0.29, 0.717) is 5.92 Å². The number of hydrogen-bond donors (Lipinski definition) is 3. The Morgan fingerprint density at radius 1 is 1.35 bits per heavy atom. The second-order valence-electron chi connectivity index (χ2n) is 5.72. The topological polar surface area (TPSA) is 61.4 Å². The number of carbonyl (C=O) groups excluding carboxylic acids is 1. The first-order chi connectivity index (χ1) is 7.99. The maximum Gasteiger partial charge on any atom is 0.236 e. The minimum Gasteiger partial charge on any atom is -0.396 e. The van der Waals surface area contributed by atoms with E-state index in [1.54, 1.807) is 0 Å². The van der Waals surface area contributed by atoms with E-state index in [2.05, 4.69) is 24.5 Å². The van der Waals surface area contributed by atoms with Gasteiger partial charge in [-0.25, -0.2) is 0 Å². The maximum absolute atomic E-state index is 11.7. The average molecular weight is 242 g/mol. The molecule has 0 bridgehead atoms. The van der Waals surface area contributed by atoms with Crippen LogP contribution in [0.15, 0.2) is 0 Å². The molecule has 1 rings (SSSR count).